The molecule has 0 aliphatic heterocycles. The molecule has 3 aromatic carbocycles. The lowest BCUT2D eigenvalue weighted by Crippen LogP contribution is -2.19. The molecule has 0 spiro atoms. The molecule has 1 heterocycles. The minimum absolute atomic E-state index is 0.283. The van der Waals surface area contributed by atoms with Crippen LogP contribution in [0.1, 0.15) is 0 Å². The number of thiocarbonyl (C=S) groups is 1. The van der Waals surface area contributed by atoms with E-state index in [9.17, 15) is 4.39 Å². The molecular weight excluding hydrogens is 484 g/mol. The maximum Gasteiger partial charge on any atom is 0.175 e. The predicted molar refractivity (Wildman–Crippen MR) is 126 cm³/mol. The van der Waals surface area contributed by atoms with Crippen molar-refractivity contribution < 1.29 is 4.39 Å². The molecule has 28 heavy (non-hydrogen) atoms. The summed E-state index contributed by atoms with van der Waals surface area (Å²) >= 11 is 7.70. The van der Waals surface area contributed by atoms with Crippen molar-refractivity contribution >= 4 is 62.1 Å². The monoisotopic (exact) mass is 499 g/mol. The van der Waals surface area contributed by atoms with E-state index < -0.39 is 0 Å². The minimum Gasteiger partial charge on any atom is -0.332 e. The Hall–Kier alpha value is -2.58. The number of nitrogens with zero attached hydrogens (tertiary/aromatic N) is 1. The van der Waals surface area contributed by atoms with Crippen molar-refractivity contribution in [3.63, 3.8) is 0 Å². The van der Waals surface area contributed by atoms with Gasteiger partial charge in [-0.3, -0.25) is 4.98 Å². The summed E-state index contributed by atoms with van der Waals surface area (Å²) < 4.78 is 14.1. The summed E-state index contributed by atoms with van der Waals surface area (Å²) in [4.78, 5) is 4.62. The molecule has 0 unspecified atom stereocenters. The highest BCUT2D eigenvalue weighted by Crippen LogP contribution is 2.32. The quantitative estimate of drug-likeness (QED) is 0.251. The van der Waals surface area contributed by atoms with E-state index in [0.29, 0.717) is 5.11 Å². The van der Waals surface area contributed by atoms with Crippen molar-refractivity contribution in [2.24, 2.45) is 0 Å². The Morgan fingerprint density at radius 3 is 2.43 bits per heavy atom. The summed E-state index contributed by atoms with van der Waals surface area (Å²) in [6, 6.07) is 22.3. The van der Waals surface area contributed by atoms with Crippen LogP contribution >= 0.6 is 34.8 Å². The lowest BCUT2D eigenvalue weighted by atomic mass is 10.0. The zero-order valence-electron chi connectivity index (χ0n) is 14.6. The van der Waals surface area contributed by atoms with Crippen LogP contribution in [0, 0.1) is 9.39 Å². The number of rotatable bonds is 3. The van der Waals surface area contributed by atoms with Gasteiger partial charge >= 0.3 is 0 Å². The number of anilines is 2. The van der Waals surface area contributed by atoms with Gasteiger partial charge in [0.05, 0.1) is 5.69 Å². The van der Waals surface area contributed by atoms with Gasteiger partial charge in [0.25, 0.3) is 0 Å². The molecule has 0 amide bonds. The zero-order valence-corrected chi connectivity index (χ0v) is 17.6. The molecule has 3 nitrogen and oxygen atoms in total. The third-order valence-corrected chi connectivity index (χ3v) is 5.40. The van der Waals surface area contributed by atoms with Crippen molar-refractivity contribution in [1.82, 2.24) is 4.98 Å². The first kappa shape index (κ1) is 18.8. The second kappa shape index (κ2) is 8.20. The second-order valence-electron chi connectivity index (χ2n) is 6.16. The van der Waals surface area contributed by atoms with Gasteiger partial charge in [0, 0.05) is 32.1 Å². The van der Waals surface area contributed by atoms with Crippen molar-refractivity contribution in [3.8, 4) is 11.3 Å². The van der Waals surface area contributed by atoms with E-state index >= 15 is 0 Å². The van der Waals surface area contributed by atoms with Crippen molar-refractivity contribution in [2.75, 3.05) is 10.6 Å². The van der Waals surface area contributed by atoms with Gasteiger partial charge < -0.3 is 10.6 Å². The van der Waals surface area contributed by atoms with E-state index in [4.69, 9.17) is 12.2 Å². The molecule has 0 saturated heterocycles. The van der Waals surface area contributed by atoms with Gasteiger partial charge in [-0.2, -0.15) is 0 Å². The molecule has 2 N–H and O–H groups in total. The standard InChI is InChI=1S/C22H15FIN3S/c23-15-5-7-16(8-6-15)26-22(28)27-17-9-10-20(24)19(13-17)21-18-4-2-1-3-14(18)11-12-25-21/h1-13H,(H2,26,27,28). The molecule has 0 saturated carbocycles. The van der Waals surface area contributed by atoms with Crippen LogP contribution in [0.15, 0.2) is 79.0 Å². The molecule has 0 bridgehead atoms. The van der Waals surface area contributed by atoms with Gasteiger partial charge in [0.1, 0.15) is 5.82 Å². The number of fused-ring (bicyclic) bond motifs is 1. The molecule has 0 aliphatic rings. The second-order valence-corrected chi connectivity index (χ2v) is 7.73. The fourth-order valence-corrected chi connectivity index (χ4v) is 3.77. The number of aromatic nitrogens is 1. The fraction of sp³-hybridized carbons (Fsp3) is 0. The number of pyridine rings is 1. The fourth-order valence-electron chi connectivity index (χ4n) is 2.95. The lowest BCUT2D eigenvalue weighted by molar-refractivity contribution is 0.628. The third kappa shape index (κ3) is 4.13. The molecule has 4 aromatic rings. The molecule has 4 rings (SSSR count). The molecular formula is C22H15FIN3S. The molecule has 0 radical (unpaired) electrons. The van der Waals surface area contributed by atoms with Crippen LogP contribution < -0.4 is 10.6 Å². The van der Waals surface area contributed by atoms with E-state index in [1.807, 2.05) is 42.6 Å². The van der Waals surface area contributed by atoms with Crippen LogP contribution in [0.4, 0.5) is 15.8 Å². The van der Waals surface area contributed by atoms with Crippen LogP contribution in [0.3, 0.4) is 0 Å². The topological polar surface area (TPSA) is 37.0 Å². The first-order valence-corrected chi connectivity index (χ1v) is 10.1. The number of hydrogen-bond acceptors (Lipinski definition) is 2. The Morgan fingerprint density at radius 1 is 0.893 bits per heavy atom. The summed E-state index contributed by atoms with van der Waals surface area (Å²) in [5.41, 5.74) is 3.54. The summed E-state index contributed by atoms with van der Waals surface area (Å²) in [5, 5.41) is 8.93. The van der Waals surface area contributed by atoms with E-state index in [1.165, 1.54) is 12.1 Å². The van der Waals surface area contributed by atoms with Crippen LogP contribution in [0.2, 0.25) is 0 Å². The van der Waals surface area contributed by atoms with Crippen molar-refractivity contribution in [2.45, 2.75) is 0 Å². The first-order chi connectivity index (χ1) is 13.6. The highest BCUT2D eigenvalue weighted by molar-refractivity contribution is 14.1. The Bertz CT molecular complexity index is 1160. The minimum atomic E-state index is -0.283. The SMILES string of the molecule is Fc1ccc(NC(=S)Nc2ccc(I)c(-c3nccc4ccccc34)c2)cc1. The predicted octanol–water partition coefficient (Wildman–Crippen LogP) is 6.45. The van der Waals surface area contributed by atoms with E-state index in [1.54, 1.807) is 12.1 Å². The number of benzene rings is 3. The maximum absolute atomic E-state index is 13.0. The normalized spacial score (nSPS) is 10.6. The summed E-state index contributed by atoms with van der Waals surface area (Å²) in [7, 11) is 0. The number of halogens is 2. The van der Waals surface area contributed by atoms with Gasteiger partial charge in [-0.15, -0.1) is 0 Å². The summed E-state index contributed by atoms with van der Waals surface area (Å²) in [6.45, 7) is 0. The van der Waals surface area contributed by atoms with E-state index in [0.717, 1.165) is 37.0 Å². The molecule has 6 heteroatoms. The van der Waals surface area contributed by atoms with Crippen LogP contribution in [-0.2, 0) is 0 Å². The van der Waals surface area contributed by atoms with Gasteiger partial charge in [-0.1, -0.05) is 24.3 Å². The highest BCUT2D eigenvalue weighted by Gasteiger charge is 2.10. The van der Waals surface area contributed by atoms with Gasteiger partial charge in [0.2, 0.25) is 0 Å². The van der Waals surface area contributed by atoms with E-state index in [2.05, 4.69) is 50.3 Å². The Morgan fingerprint density at radius 2 is 1.61 bits per heavy atom. The molecule has 1 aromatic heterocycles. The zero-order chi connectivity index (χ0) is 19.5. The molecule has 0 atom stereocenters. The largest absolute Gasteiger partial charge is 0.332 e. The Labute approximate surface area is 181 Å². The van der Waals surface area contributed by atoms with E-state index in [-0.39, 0.29) is 5.82 Å². The molecule has 0 aliphatic carbocycles. The number of hydrogen-bond donors (Lipinski definition) is 2. The maximum atomic E-state index is 13.0. The Kier molecular flexibility index (Phi) is 5.50. The highest BCUT2D eigenvalue weighted by atomic mass is 127. The van der Waals surface area contributed by atoms with Crippen LogP contribution in [0.5, 0.6) is 0 Å². The Balaban J connectivity index is 1.62. The summed E-state index contributed by atoms with van der Waals surface area (Å²) in [6.07, 6.45) is 1.83. The average Bonchev–Trinajstić information content (AvgIpc) is 2.71. The average molecular weight is 499 g/mol. The van der Waals surface area contributed by atoms with Crippen LogP contribution in [-0.4, -0.2) is 10.1 Å². The van der Waals surface area contributed by atoms with Gasteiger partial charge in [0.15, 0.2) is 5.11 Å². The van der Waals surface area contributed by atoms with Gasteiger partial charge in [-0.05, 0) is 88.7 Å². The molecule has 0 fully saturated rings. The lowest BCUT2D eigenvalue weighted by Gasteiger charge is -2.13. The first-order valence-electron chi connectivity index (χ1n) is 8.57. The number of nitrogens with one attached hydrogen (secondary N) is 2. The van der Waals surface area contributed by atoms with Crippen LogP contribution in [0.25, 0.3) is 22.0 Å². The summed E-state index contributed by atoms with van der Waals surface area (Å²) in [5.74, 6) is -0.283. The third-order valence-electron chi connectivity index (χ3n) is 4.26. The van der Waals surface area contributed by atoms with Crippen molar-refractivity contribution in [3.05, 3.63) is 88.4 Å². The molecule has 138 valence electrons. The van der Waals surface area contributed by atoms with Crippen molar-refractivity contribution in [1.29, 1.82) is 0 Å². The smallest absolute Gasteiger partial charge is 0.175 e. The van der Waals surface area contributed by atoms with Gasteiger partial charge in [-0.25, -0.2) is 4.39 Å².